The second kappa shape index (κ2) is 10.5. The van der Waals surface area contributed by atoms with Gasteiger partial charge in [0.05, 0.1) is 16.3 Å². The average Bonchev–Trinajstić information content (AvgIpc) is 3.46. The summed E-state index contributed by atoms with van der Waals surface area (Å²) in [5.74, 6) is 1.31. The Bertz CT molecular complexity index is 1240. The highest BCUT2D eigenvalue weighted by Gasteiger charge is 2.56. The molecular weight excluding hydrogens is 501 g/mol. The van der Waals surface area contributed by atoms with Crippen molar-refractivity contribution in [2.75, 3.05) is 5.32 Å². The first kappa shape index (κ1) is 26.7. The van der Waals surface area contributed by atoms with E-state index in [1.165, 1.54) is 0 Å². The highest BCUT2D eigenvalue weighted by Crippen LogP contribution is 2.64. The number of benzene rings is 2. The van der Waals surface area contributed by atoms with Crippen LogP contribution in [0.3, 0.4) is 0 Å². The first-order chi connectivity index (χ1) is 17.1. The Balaban J connectivity index is 1.48. The van der Waals surface area contributed by atoms with Gasteiger partial charge in [-0.05, 0) is 81.5 Å². The SMILES string of the molecule is CCC1[C@@H](Nc2ccc(-c3nc(-c4ccc(OC(C)C)c(Cl)c4)no3)cc2)CC[C@]1(CC)P(=O)(O)O. The van der Waals surface area contributed by atoms with Gasteiger partial charge in [0.15, 0.2) is 0 Å². The van der Waals surface area contributed by atoms with Gasteiger partial charge in [0, 0.05) is 22.9 Å². The lowest BCUT2D eigenvalue weighted by molar-refractivity contribution is 0.242. The van der Waals surface area contributed by atoms with Gasteiger partial charge in [-0.2, -0.15) is 4.98 Å². The summed E-state index contributed by atoms with van der Waals surface area (Å²) >= 11 is 6.35. The molecule has 1 aliphatic rings. The summed E-state index contributed by atoms with van der Waals surface area (Å²) < 4.78 is 23.5. The number of nitrogens with zero attached hydrogens (tertiary/aromatic N) is 2. The minimum Gasteiger partial charge on any atom is -0.489 e. The van der Waals surface area contributed by atoms with Crippen molar-refractivity contribution in [3.05, 3.63) is 47.5 Å². The van der Waals surface area contributed by atoms with Gasteiger partial charge in [0.2, 0.25) is 5.82 Å². The third kappa shape index (κ3) is 5.18. The van der Waals surface area contributed by atoms with Crippen molar-refractivity contribution in [1.82, 2.24) is 10.1 Å². The van der Waals surface area contributed by atoms with Crippen molar-refractivity contribution in [2.45, 2.75) is 70.7 Å². The third-order valence-corrected chi connectivity index (χ3v) is 9.49. The molecule has 0 bridgehead atoms. The van der Waals surface area contributed by atoms with Crippen molar-refractivity contribution in [1.29, 1.82) is 0 Å². The molecule has 1 saturated carbocycles. The third-order valence-electron chi connectivity index (χ3n) is 7.16. The molecule has 0 radical (unpaired) electrons. The van der Waals surface area contributed by atoms with E-state index in [0.29, 0.717) is 41.7 Å². The van der Waals surface area contributed by atoms with Crippen LogP contribution in [-0.2, 0) is 4.57 Å². The van der Waals surface area contributed by atoms with Gasteiger partial charge in [0.25, 0.3) is 5.89 Å². The molecule has 1 aliphatic carbocycles. The van der Waals surface area contributed by atoms with E-state index in [2.05, 4.69) is 15.5 Å². The zero-order chi connectivity index (χ0) is 26.1. The van der Waals surface area contributed by atoms with E-state index in [4.69, 9.17) is 20.9 Å². The quantitative estimate of drug-likeness (QED) is 0.258. The van der Waals surface area contributed by atoms with E-state index in [1.54, 1.807) is 12.1 Å². The van der Waals surface area contributed by atoms with Gasteiger partial charge >= 0.3 is 7.60 Å². The first-order valence-electron chi connectivity index (χ1n) is 12.3. The summed E-state index contributed by atoms with van der Waals surface area (Å²) in [6.45, 7) is 7.75. The lowest BCUT2D eigenvalue weighted by Crippen LogP contribution is -2.38. The predicted molar refractivity (Wildman–Crippen MR) is 141 cm³/mol. The zero-order valence-electron chi connectivity index (χ0n) is 20.9. The monoisotopic (exact) mass is 533 g/mol. The fourth-order valence-electron chi connectivity index (χ4n) is 5.38. The van der Waals surface area contributed by atoms with E-state index in [9.17, 15) is 14.4 Å². The topological polar surface area (TPSA) is 118 Å². The molecule has 1 unspecified atom stereocenters. The Kier molecular flexibility index (Phi) is 7.81. The molecule has 4 rings (SSSR count). The second-order valence-electron chi connectivity index (χ2n) is 9.62. The maximum Gasteiger partial charge on any atom is 0.331 e. The minimum absolute atomic E-state index is 0.00386. The van der Waals surface area contributed by atoms with Crippen LogP contribution in [0.25, 0.3) is 22.8 Å². The number of ether oxygens (including phenoxy) is 1. The largest absolute Gasteiger partial charge is 0.489 e. The van der Waals surface area contributed by atoms with Crippen LogP contribution in [0, 0.1) is 5.92 Å². The standard InChI is InChI=1S/C26H33ClN3O5P/c1-5-20-22(13-14-26(20,6-2)36(31,32)33)28-19-10-7-17(8-11-19)25-29-24(30-35-25)18-9-12-23(21(27)15-18)34-16(3)4/h7-12,15-16,20,22,28H,5-6,13-14H2,1-4H3,(H2,31,32,33)/t20?,22-,26-/m0/s1. The highest BCUT2D eigenvalue weighted by molar-refractivity contribution is 7.53. The van der Waals surface area contributed by atoms with Gasteiger partial charge in [-0.15, -0.1) is 0 Å². The molecule has 10 heteroatoms. The molecule has 2 aromatic carbocycles. The molecule has 0 spiro atoms. The highest BCUT2D eigenvalue weighted by atomic mass is 35.5. The van der Waals surface area contributed by atoms with Gasteiger partial charge in [-0.25, -0.2) is 0 Å². The Morgan fingerprint density at radius 2 is 1.89 bits per heavy atom. The lowest BCUT2D eigenvalue weighted by atomic mass is 9.88. The summed E-state index contributed by atoms with van der Waals surface area (Å²) in [5.41, 5.74) is 2.37. The van der Waals surface area contributed by atoms with Crippen LogP contribution in [0.2, 0.25) is 5.02 Å². The van der Waals surface area contributed by atoms with Crippen molar-refractivity contribution >= 4 is 24.9 Å². The van der Waals surface area contributed by atoms with Gasteiger partial charge < -0.3 is 24.4 Å². The summed E-state index contributed by atoms with van der Waals surface area (Å²) in [7, 11) is -4.23. The predicted octanol–water partition coefficient (Wildman–Crippen LogP) is 6.77. The molecule has 3 aromatic rings. The molecule has 3 N–H and O–H groups in total. The molecule has 1 aromatic heterocycles. The maximum atomic E-state index is 12.4. The Morgan fingerprint density at radius 1 is 1.19 bits per heavy atom. The molecule has 36 heavy (non-hydrogen) atoms. The van der Waals surface area contributed by atoms with Crippen LogP contribution in [0.4, 0.5) is 5.69 Å². The summed E-state index contributed by atoms with van der Waals surface area (Å²) in [6.07, 6.45) is 2.42. The van der Waals surface area contributed by atoms with Gasteiger partial charge in [0.1, 0.15) is 5.75 Å². The van der Waals surface area contributed by atoms with E-state index in [-0.39, 0.29) is 18.1 Å². The van der Waals surface area contributed by atoms with Gasteiger partial charge in [-0.1, -0.05) is 37.0 Å². The normalized spacial score (nSPS) is 22.2. The lowest BCUT2D eigenvalue weighted by Gasteiger charge is -2.37. The molecule has 194 valence electrons. The number of aromatic nitrogens is 2. The fourth-order valence-corrected chi connectivity index (χ4v) is 7.23. The van der Waals surface area contributed by atoms with Crippen LogP contribution >= 0.6 is 19.2 Å². The fraction of sp³-hybridized carbons (Fsp3) is 0.462. The van der Waals surface area contributed by atoms with Crippen molar-refractivity contribution in [3.8, 4) is 28.6 Å². The number of rotatable bonds is 9. The molecule has 8 nitrogen and oxygen atoms in total. The summed E-state index contributed by atoms with van der Waals surface area (Å²) in [5, 5.41) is 7.12. The van der Waals surface area contributed by atoms with Crippen molar-refractivity contribution in [3.63, 3.8) is 0 Å². The maximum absolute atomic E-state index is 12.4. The van der Waals surface area contributed by atoms with E-state index < -0.39 is 12.8 Å². The van der Waals surface area contributed by atoms with Crippen LogP contribution in [-0.4, -0.2) is 37.2 Å². The Hall–Kier alpha value is -2.38. The Morgan fingerprint density at radius 3 is 2.47 bits per heavy atom. The number of halogens is 1. The number of hydrogen-bond acceptors (Lipinski definition) is 6. The summed E-state index contributed by atoms with van der Waals surface area (Å²) in [6, 6.07) is 13.0. The molecule has 0 aliphatic heterocycles. The van der Waals surface area contributed by atoms with Crippen LogP contribution in [0.1, 0.15) is 53.4 Å². The number of nitrogens with one attached hydrogen (secondary N) is 1. The first-order valence-corrected chi connectivity index (χ1v) is 14.3. The molecule has 1 heterocycles. The zero-order valence-corrected chi connectivity index (χ0v) is 22.6. The number of hydrogen-bond donors (Lipinski definition) is 3. The summed E-state index contributed by atoms with van der Waals surface area (Å²) in [4.78, 5) is 24.7. The van der Waals surface area contributed by atoms with Crippen LogP contribution in [0.5, 0.6) is 5.75 Å². The van der Waals surface area contributed by atoms with E-state index in [0.717, 1.165) is 23.2 Å². The van der Waals surface area contributed by atoms with Crippen molar-refractivity contribution in [2.24, 2.45) is 5.92 Å². The molecule has 1 fully saturated rings. The minimum atomic E-state index is -4.23. The molecular formula is C26H33ClN3O5P. The van der Waals surface area contributed by atoms with Crippen LogP contribution in [0.15, 0.2) is 47.0 Å². The average molecular weight is 534 g/mol. The second-order valence-corrected chi connectivity index (χ2v) is 12.0. The van der Waals surface area contributed by atoms with E-state index >= 15 is 0 Å². The Labute approximate surface area is 216 Å². The van der Waals surface area contributed by atoms with Crippen LogP contribution < -0.4 is 10.1 Å². The van der Waals surface area contributed by atoms with Gasteiger partial charge in [-0.3, -0.25) is 4.57 Å². The molecule has 0 saturated heterocycles. The number of anilines is 1. The molecule has 0 amide bonds. The smallest absolute Gasteiger partial charge is 0.331 e. The molecule has 3 atom stereocenters. The van der Waals surface area contributed by atoms with E-state index in [1.807, 2.05) is 58.0 Å². The van der Waals surface area contributed by atoms with Crippen molar-refractivity contribution < 1.29 is 23.6 Å².